The lowest BCUT2D eigenvalue weighted by Gasteiger charge is -2.24. The first kappa shape index (κ1) is 13.5. The third kappa shape index (κ3) is 3.75. The lowest BCUT2D eigenvalue weighted by atomic mass is 9.90. The molecule has 0 aliphatic carbocycles. The van der Waals surface area contributed by atoms with Crippen LogP contribution in [0.3, 0.4) is 0 Å². The standard InChI is InChI=1S/C13H19NO3/c1-4-17-12(15)9-13(2,14)10-5-7-11(16-3)8-6-10/h5-8H,4,9,14H2,1-3H3. The summed E-state index contributed by atoms with van der Waals surface area (Å²) in [7, 11) is 1.61. The SMILES string of the molecule is CCOC(=O)CC(C)(N)c1ccc(OC)cc1. The number of benzene rings is 1. The van der Waals surface area contributed by atoms with Crippen LogP contribution in [0.1, 0.15) is 25.8 Å². The maximum Gasteiger partial charge on any atom is 0.307 e. The van der Waals surface area contributed by atoms with Crippen LogP contribution in [0.4, 0.5) is 0 Å². The number of ether oxygens (including phenoxy) is 2. The molecule has 0 aliphatic heterocycles. The summed E-state index contributed by atoms with van der Waals surface area (Å²) >= 11 is 0. The molecule has 4 heteroatoms. The molecule has 0 bridgehead atoms. The lowest BCUT2D eigenvalue weighted by Crippen LogP contribution is -2.36. The van der Waals surface area contributed by atoms with Crippen LogP contribution in [0.15, 0.2) is 24.3 Å². The fourth-order valence-electron chi connectivity index (χ4n) is 1.59. The van der Waals surface area contributed by atoms with E-state index in [-0.39, 0.29) is 12.4 Å². The summed E-state index contributed by atoms with van der Waals surface area (Å²) in [5, 5.41) is 0. The lowest BCUT2D eigenvalue weighted by molar-refractivity contribution is -0.144. The predicted molar refractivity (Wildman–Crippen MR) is 65.8 cm³/mol. The molecule has 0 radical (unpaired) electrons. The van der Waals surface area contributed by atoms with Gasteiger partial charge >= 0.3 is 5.97 Å². The zero-order chi connectivity index (χ0) is 12.9. The Morgan fingerprint density at radius 1 is 1.35 bits per heavy atom. The summed E-state index contributed by atoms with van der Waals surface area (Å²) in [6.45, 7) is 3.96. The number of carbonyl (C=O) groups is 1. The molecular weight excluding hydrogens is 218 g/mol. The Bertz CT molecular complexity index is 371. The maximum atomic E-state index is 11.4. The van der Waals surface area contributed by atoms with Crippen molar-refractivity contribution in [3.05, 3.63) is 29.8 Å². The second kappa shape index (κ2) is 5.68. The van der Waals surface area contributed by atoms with E-state index in [1.165, 1.54) is 0 Å². The highest BCUT2D eigenvalue weighted by atomic mass is 16.5. The molecule has 1 aromatic carbocycles. The first-order valence-corrected chi connectivity index (χ1v) is 5.58. The average molecular weight is 237 g/mol. The molecule has 0 fully saturated rings. The molecule has 4 nitrogen and oxygen atoms in total. The smallest absolute Gasteiger partial charge is 0.307 e. The van der Waals surface area contributed by atoms with Gasteiger partial charge in [-0.2, -0.15) is 0 Å². The van der Waals surface area contributed by atoms with Gasteiger partial charge in [-0.1, -0.05) is 12.1 Å². The quantitative estimate of drug-likeness (QED) is 0.793. The molecule has 0 heterocycles. The Hall–Kier alpha value is -1.55. The van der Waals surface area contributed by atoms with Crippen LogP contribution in [0.25, 0.3) is 0 Å². The van der Waals surface area contributed by atoms with Crippen LogP contribution >= 0.6 is 0 Å². The Morgan fingerprint density at radius 2 is 1.94 bits per heavy atom. The molecule has 2 N–H and O–H groups in total. The van der Waals surface area contributed by atoms with E-state index < -0.39 is 5.54 Å². The van der Waals surface area contributed by atoms with Gasteiger partial charge in [0.2, 0.25) is 0 Å². The number of hydrogen-bond donors (Lipinski definition) is 1. The van der Waals surface area contributed by atoms with Gasteiger partial charge in [0.1, 0.15) is 5.75 Å². The summed E-state index contributed by atoms with van der Waals surface area (Å²) in [5.41, 5.74) is 6.28. The van der Waals surface area contributed by atoms with Gasteiger partial charge in [0.25, 0.3) is 0 Å². The molecule has 94 valence electrons. The van der Waals surface area contributed by atoms with Crippen molar-refractivity contribution in [2.75, 3.05) is 13.7 Å². The van der Waals surface area contributed by atoms with Crippen LogP contribution in [-0.4, -0.2) is 19.7 Å². The van der Waals surface area contributed by atoms with Crippen LogP contribution in [0.2, 0.25) is 0 Å². The minimum absolute atomic E-state index is 0.160. The maximum absolute atomic E-state index is 11.4. The Balaban J connectivity index is 2.77. The third-order valence-corrected chi connectivity index (χ3v) is 2.57. The van der Waals surface area contributed by atoms with Crippen molar-refractivity contribution in [2.45, 2.75) is 25.8 Å². The molecule has 1 unspecified atom stereocenters. The van der Waals surface area contributed by atoms with Crippen LogP contribution in [0.5, 0.6) is 5.75 Å². The number of esters is 1. The molecule has 1 aromatic rings. The topological polar surface area (TPSA) is 61.5 Å². The van der Waals surface area contributed by atoms with Gasteiger partial charge in [-0.15, -0.1) is 0 Å². The van der Waals surface area contributed by atoms with Crippen LogP contribution in [0, 0.1) is 0 Å². The molecule has 0 aromatic heterocycles. The minimum Gasteiger partial charge on any atom is -0.497 e. The van der Waals surface area contributed by atoms with E-state index in [1.807, 2.05) is 31.2 Å². The second-order valence-electron chi connectivity index (χ2n) is 4.13. The molecule has 1 rings (SSSR count). The third-order valence-electron chi connectivity index (χ3n) is 2.57. The number of nitrogens with two attached hydrogens (primary N) is 1. The molecular formula is C13H19NO3. The van der Waals surface area contributed by atoms with E-state index >= 15 is 0 Å². The number of hydrogen-bond acceptors (Lipinski definition) is 4. The highest BCUT2D eigenvalue weighted by Gasteiger charge is 2.25. The zero-order valence-electron chi connectivity index (χ0n) is 10.5. The van der Waals surface area contributed by atoms with Crippen molar-refractivity contribution in [1.29, 1.82) is 0 Å². The van der Waals surface area contributed by atoms with Crippen molar-refractivity contribution in [3.8, 4) is 5.75 Å². The monoisotopic (exact) mass is 237 g/mol. The van der Waals surface area contributed by atoms with E-state index in [4.69, 9.17) is 15.2 Å². The van der Waals surface area contributed by atoms with Crippen molar-refractivity contribution < 1.29 is 14.3 Å². The van der Waals surface area contributed by atoms with Gasteiger partial charge in [-0.05, 0) is 31.5 Å². The van der Waals surface area contributed by atoms with E-state index in [9.17, 15) is 4.79 Å². The minimum atomic E-state index is -0.724. The van der Waals surface area contributed by atoms with Gasteiger partial charge in [0.15, 0.2) is 0 Å². The molecule has 17 heavy (non-hydrogen) atoms. The summed E-state index contributed by atoms with van der Waals surface area (Å²) in [5.74, 6) is 0.481. The molecule has 1 atom stereocenters. The van der Waals surface area contributed by atoms with Crippen molar-refractivity contribution >= 4 is 5.97 Å². The predicted octanol–water partition coefficient (Wildman–Crippen LogP) is 1.82. The van der Waals surface area contributed by atoms with Crippen LogP contribution < -0.4 is 10.5 Å². The van der Waals surface area contributed by atoms with Gasteiger partial charge < -0.3 is 15.2 Å². The summed E-state index contributed by atoms with van der Waals surface area (Å²) in [4.78, 5) is 11.4. The van der Waals surface area contributed by atoms with Crippen molar-refractivity contribution in [1.82, 2.24) is 0 Å². The number of rotatable bonds is 5. The fourth-order valence-corrected chi connectivity index (χ4v) is 1.59. The van der Waals surface area contributed by atoms with E-state index in [2.05, 4.69) is 0 Å². The molecule has 0 saturated heterocycles. The molecule has 0 aliphatic rings. The fraction of sp³-hybridized carbons (Fsp3) is 0.462. The van der Waals surface area contributed by atoms with Crippen LogP contribution in [-0.2, 0) is 15.1 Å². The van der Waals surface area contributed by atoms with Crippen molar-refractivity contribution in [2.24, 2.45) is 5.73 Å². The van der Waals surface area contributed by atoms with E-state index in [0.29, 0.717) is 6.61 Å². The second-order valence-corrected chi connectivity index (χ2v) is 4.13. The molecule has 0 spiro atoms. The van der Waals surface area contributed by atoms with E-state index in [1.54, 1.807) is 14.0 Å². The molecule has 0 saturated carbocycles. The first-order valence-electron chi connectivity index (χ1n) is 5.58. The summed E-state index contributed by atoms with van der Waals surface area (Å²) in [6.07, 6.45) is 0.160. The Labute approximate surface area is 102 Å². The highest BCUT2D eigenvalue weighted by molar-refractivity contribution is 5.71. The normalized spacial score (nSPS) is 13.9. The molecule has 0 amide bonds. The zero-order valence-corrected chi connectivity index (χ0v) is 10.5. The first-order chi connectivity index (χ1) is 7.99. The van der Waals surface area contributed by atoms with Gasteiger partial charge in [-0.3, -0.25) is 4.79 Å². The van der Waals surface area contributed by atoms with Gasteiger partial charge in [0.05, 0.1) is 20.1 Å². The highest BCUT2D eigenvalue weighted by Crippen LogP contribution is 2.24. The van der Waals surface area contributed by atoms with Gasteiger partial charge in [0, 0.05) is 5.54 Å². The van der Waals surface area contributed by atoms with Crippen molar-refractivity contribution in [3.63, 3.8) is 0 Å². The average Bonchev–Trinajstić information content (AvgIpc) is 2.28. The summed E-state index contributed by atoms with van der Waals surface area (Å²) in [6, 6.07) is 7.37. The van der Waals surface area contributed by atoms with E-state index in [0.717, 1.165) is 11.3 Å². The summed E-state index contributed by atoms with van der Waals surface area (Å²) < 4.78 is 9.97. The number of carbonyl (C=O) groups excluding carboxylic acids is 1. The van der Waals surface area contributed by atoms with Gasteiger partial charge in [-0.25, -0.2) is 0 Å². The Morgan fingerprint density at radius 3 is 2.41 bits per heavy atom. The Kier molecular flexibility index (Phi) is 4.52. The number of methoxy groups -OCH3 is 1. The largest absolute Gasteiger partial charge is 0.497 e.